The number of phenols is 1. The summed E-state index contributed by atoms with van der Waals surface area (Å²) in [5.41, 5.74) is 1.38. The molecular weight excluding hydrogens is 412 g/mol. The van der Waals surface area contributed by atoms with Crippen molar-refractivity contribution in [2.45, 2.75) is 0 Å². The molecule has 0 spiro atoms. The Morgan fingerprint density at radius 2 is 1.88 bits per heavy atom. The predicted molar refractivity (Wildman–Crippen MR) is 111 cm³/mol. The van der Waals surface area contributed by atoms with E-state index in [9.17, 15) is 9.90 Å². The summed E-state index contributed by atoms with van der Waals surface area (Å²) in [6.07, 6.45) is 1.66. The first-order valence-corrected chi connectivity index (χ1v) is 9.47. The molecule has 6 heteroatoms. The van der Waals surface area contributed by atoms with Crippen molar-refractivity contribution in [3.8, 4) is 5.75 Å². The minimum atomic E-state index is -0.228. The number of aliphatic imine (C=N–C) groups is 1. The Labute approximate surface area is 162 Å². The van der Waals surface area contributed by atoms with Crippen LogP contribution in [-0.2, 0) is 4.79 Å². The third-order valence-electron chi connectivity index (χ3n) is 3.92. The number of carbonyl (C=O) groups excluding carboxylic acids is 1. The molecule has 3 aromatic rings. The molecule has 1 aliphatic rings. The van der Waals surface area contributed by atoms with Gasteiger partial charge in [0.25, 0.3) is 5.91 Å². The summed E-state index contributed by atoms with van der Waals surface area (Å²) in [4.78, 5) is 17.4. The second-order valence-electron chi connectivity index (χ2n) is 5.68. The molecule has 0 aliphatic carbocycles. The van der Waals surface area contributed by atoms with Crippen molar-refractivity contribution >= 4 is 61.3 Å². The van der Waals surface area contributed by atoms with Crippen molar-refractivity contribution in [2.24, 2.45) is 4.99 Å². The van der Waals surface area contributed by atoms with E-state index in [-0.39, 0.29) is 11.7 Å². The molecule has 0 atom stereocenters. The Bertz CT molecular complexity index is 1090. The molecule has 1 aliphatic heterocycles. The van der Waals surface area contributed by atoms with Gasteiger partial charge >= 0.3 is 0 Å². The number of halogens is 1. The van der Waals surface area contributed by atoms with Crippen LogP contribution in [0.2, 0.25) is 0 Å². The molecule has 0 radical (unpaired) electrons. The molecule has 4 nitrogen and oxygen atoms in total. The first-order valence-electron chi connectivity index (χ1n) is 7.86. The average molecular weight is 425 g/mol. The zero-order valence-corrected chi connectivity index (χ0v) is 15.8. The summed E-state index contributed by atoms with van der Waals surface area (Å²) in [6.45, 7) is 0. The summed E-state index contributed by atoms with van der Waals surface area (Å²) < 4.78 is 0.829. The van der Waals surface area contributed by atoms with Gasteiger partial charge in [-0.05, 0) is 47.5 Å². The molecule has 4 rings (SSSR count). The fourth-order valence-corrected chi connectivity index (χ4v) is 3.88. The summed E-state index contributed by atoms with van der Waals surface area (Å²) in [5.74, 6) is -0.109. The summed E-state index contributed by atoms with van der Waals surface area (Å²) in [5, 5.41) is 15.4. The molecule has 0 saturated carbocycles. The lowest BCUT2D eigenvalue weighted by atomic mass is 10.1. The van der Waals surface area contributed by atoms with E-state index in [1.807, 2.05) is 42.5 Å². The van der Waals surface area contributed by atoms with Crippen LogP contribution < -0.4 is 5.32 Å². The van der Waals surface area contributed by atoms with E-state index in [1.165, 1.54) is 11.8 Å². The van der Waals surface area contributed by atoms with Gasteiger partial charge in [0.05, 0.1) is 10.6 Å². The van der Waals surface area contributed by atoms with Crippen molar-refractivity contribution in [1.29, 1.82) is 0 Å². The van der Waals surface area contributed by atoms with E-state index < -0.39 is 0 Å². The van der Waals surface area contributed by atoms with Crippen molar-refractivity contribution < 1.29 is 9.90 Å². The highest BCUT2D eigenvalue weighted by Gasteiger charge is 2.24. The van der Waals surface area contributed by atoms with E-state index in [0.29, 0.717) is 15.6 Å². The van der Waals surface area contributed by atoms with Gasteiger partial charge in [0.1, 0.15) is 5.75 Å². The Morgan fingerprint density at radius 3 is 2.77 bits per heavy atom. The van der Waals surface area contributed by atoms with Gasteiger partial charge in [-0.2, -0.15) is 0 Å². The zero-order valence-electron chi connectivity index (χ0n) is 13.4. The van der Waals surface area contributed by atoms with Crippen LogP contribution in [-0.4, -0.2) is 16.2 Å². The molecule has 0 aromatic heterocycles. The lowest BCUT2D eigenvalue weighted by molar-refractivity contribution is -0.115. The van der Waals surface area contributed by atoms with Crippen LogP contribution in [0.3, 0.4) is 0 Å². The molecule has 0 unspecified atom stereocenters. The number of hydrogen-bond donors (Lipinski definition) is 2. The van der Waals surface area contributed by atoms with Crippen LogP contribution in [0.5, 0.6) is 5.75 Å². The quantitative estimate of drug-likeness (QED) is 0.555. The average Bonchev–Trinajstić information content (AvgIpc) is 2.98. The molecule has 1 amide bonds. The van der Waals surface area contributed by atoms with Gasteiger partial charge in [-0.25, -0.2) is 4.99 Å². The Kier molecular flexibility index (Phi) is 4.53. The molecule has 3 aromatic carbocycles. The maximum Gasteiger partial charge on any atom is 0.264 e. The molecule has 26 heavy (non-hydrogen) atoms. The second-order valence-corrected chi connectivity index (χ2v) is 7.63. The van der Waals surface area contributed by atoms with Gasteiger partial charge in [0.15, 0.2) is 5.17 Å². The number of amidine groups is 1. The van der Waals surface area contributed by atoms with Gasteiger partial charge in [-0.3, -0.25) is 4.79 Å². The van der Waals surface area contributed by atoms with E-state index in [2.05, 4.69) is 26.2 Å². The maximum absolute atomic E-state index is 12.3. The number of amides is 1. The smallest absolute Gasteiger partial charge is 0.264 e. The number of benzene rings is 3. The zero-order chi connectivity index (χ0) is 18.1. The van der Waals surface area contributed by atoms with Crippen LogP contribution in [0.15, 0.2) is 75.0 Å². The standard InChI is InChI=1S/C20H13BrN2O2S/c21-14-8-9-17(24)13(10-14)11-18-19(25)23-20(26-18)22-16-7-3-5-12-4-1-2-6-15(12)16/h1-11,24H,(H,22,23,25). The number of carbonyl (C=O) groups is 1. The Morgan fingerprint density at radius 1 is 1.08 bits per heavy atom. The third-order valence-corrected chi connectivity index (χ3v) is 5.32. The lowest BCUT2D eigenvalue weighted by Crippen LogP contribution is -2.19. The van der Waals surface area contributed by atoms with E-state index in [1.54, 1.807) is 24.3 Å². The number of nitrogens with one attached hydrogen (secondary N) is 1. The number of fused-ring (bicyclic) bond motifs is 1. The molecule has 128 valence electrons. The molecule has 1 heterocycles. The minimum absolute atomic E-state index is 0.119. The van der Waals surface area contributed by atoms with Crippen molar-refractivity contribution in [3.05, 3.63) is 75.6 Å². The number of thioether (sulfide) groups is 1. The topological polar surface area (TPSA) is 61.7 Å². The van der Waals surface area contributed by atoms with Crippen molar-refractivity contribution in [1.82, 2.24) is 5.32 Å². The molecule has 1 fully saturated rings. The van der Waals surface area contributed by atoms with Crippen LogP contribution in [0.4, 0.5) is 5.69 Å². The van der Waals surface area contributed by atoms with Gasteiger partial charge in [0.2, 0.25) is 0 Å². The number of phenolic OH excluding ortho intramolecular Hbond substituents is 1. The Balaban J connectivity index is 1.68. The second kappa shape index (κ2) is 6.97. The van der Waals surface area contributed by atoms with Crippen LogP contribution in [0.1, 0.15) is 5.56 Å². The number of hydrogen-bond acceptors (Lipinski definition) is 4. The van der Waals surface area contributed by atoms with E-state index >= 15 is 0 Å². The van der Waals surface area contributed by atoms with Gasteiger partial charge in [-0.1, -0.05) is 52.3 Å². The molecular formula is C20H13BrN2O2S. The lowest BCUT2D eigenvalue weighted by Gasteiger charge is -2.02. The SMILES string of the molecule is O=C1NC(=Nc2cccc3ccccc23)SC1=Cc1cc(Br)ccc1O. The Hall–Kier alpha value is -2.57. The van der Waals surface area contributed by atoms with Crippen LogP contribution in [0, 0.1) is 0 Å². The highest BCUT2D eigenvalue weighted by Crippen LogP contribution is 2.33. The van der Waals surface area contributed by atoms with Gasteiger partial charge < -0.3 is 10.4 Å². The molecule has 1 saturated heterocycles. The monoisotopic (exact) mass is 424 g/mol. The minimum Gasteiger partial charge on any atom is -0.507 e. The van der Waals surface area contributed by atoms with Gasteiger partial charge in [0, 0.05) is 15.4 Å². The maximum atomic E-state index is 12.3. The van der Waals surface area contributed by atoms with Crippen LogP contribution in [0.25, 0.3) is 16.8 Å². The van der Waals surface area contributed by atoms with Gasteiger partial charge in [-0.15, -0.1) is 0 Å². The van der Waals surface area contributed by atoms with E-state index in [4.69, 9.17) is 0 Å². The summed E-state index contributed by atoms with van der Waals surface area (Å²) in [7, 11) is 0. The normalized spacial score (nSPS) is 17.2. The van der Waals surface area contributed by atoms with Crippen LogP contribution >= 0.6 is 27.7 Å². The van der Waals surface area contributed by atoms with Crippen molar-refractivity contribution in [3.63, 3.8) is 0 Å². The van der Waals surface area contributed by atoms with Crippen molar-refractivity contribution in [2.75, 3.05) is 0 Å². The number of nitrogens with zero attached hydrogens (tertiary/aromatic N) is 1. The fourth-order valence-electron chi connectivity index (χ4n) is 2.68. The largest absolute Gasteiger partial charge is 0.507 e. The number of aromatic hydroxyl groups is 1. The van der Waals surface area contributed by atoms with E-state index in [0.717, 1.165) is 20.9 Å². The molecule has 2 N–H and O–H groups in total. The highest BCUT2D eigenvalue weighted by molar-refractivity contribution is 9.10. The fraction of sp³-hybridized carbons (Fsp3) is 0. The first kappa shape index (κ1) is 16.9. The molecule has 0 bridgehead atoms. The summed E-state index contributed by atoms with van der Waals surface area (Å²) >= 11 is 4.62. The predicted octanol–water partition coefficient (Wildman–Crippen LogP) is 5.20. The number of rotatable bonds is 2. The third kappa shape index (κ3) is 3.38. The highest BCUT2D eigenvalue weighted by atomic mass is 79.9. The first-order chi connectivity index (χ1) is 12.6. The summed E-state index contributed by atoms with van der Waals surface area (Å²) in [6, 6.07) is 19.0.